The molecule has 2 heterocycles. The second-order valence-electron chi connectivity index (χ2n) is 6.61. The van der Waals surface area contributed by atoms with Crippen molar-refractivity contribution in [2.75, 3.05) is 11.4 Å². The molecule has 1 aliphatic heterocycles. The van der Waals surface area contributed by atoms with Crippen molar-refractivity contribution < 1.29 is 18.3 Å². The smallest absolute Gasteiger partial charge is 0.393 e. The molecule has 0 radical (unpaired) electrons. The van der Waals surface area contributed by atoms with Crippen LogP contribution >= 0.6 is 0 Å². The number of aromatic nitrogens is 2. The maximum atomic E-state index is 13.0. The fourth-order valence-electron chi connectivity index (χ4n) is 3.90. The van der Waals surface area contributed by atoms with Gasteiger partial charge < -0.3 is 10.0 Å². The average molecular weight is 329 g/mol. The molecule has 3 rings (SSSR count). The molecular formula is C16H22F3N3O. The van der Waals surface area contributed by atoms with Crippen molar-refractivity contribution in [3.8, 4) is 0 Å². The van der Waals surface area contributed by atoms with E-state index in [0.717, 1.165) is 44.6 Å². The fraction of sp³-hybridized carbons (Fsp3) is 0.750. The van der Waals surface area contributed by atoms with Crippen LogP contribution in [-0.4, -0.2) is 33.8 Å². The molecule has 1 aromatic rings. The minimum atomic E-state index is -4.47. The van der Waals surface area contributed by atoms with Gasteiger partial charge in [0.25, 0.3) is 0 Å². The molecule has 0 aromatic carbocycles. The molecule has 4 nitrogen and oxygen atoms in total. The van der Waals surface area contributed by atoms with Gasteiger partial charge in [-0.05, 0) is 38.7 Å². The lowest BCUT2D eigenvalue weighted by Gasteiger charge is -2.37. The summed E-state index contributed by atoms with van der Waals surface area (Å²) in [4.78, 5) is 9.87. The van der Waals surface area contributed by atoms with Crippen LogP contribution in [0.5, 0.6) is 0 Å². The van der Waals surface area contributed by atoms with E-state index in [-0.39, 0.29) is 24.0 Å². The Balaban J connectivity index is 1.89. The highest BCUT2D eigenvalue weighted by Crippen LogP contribution is 2.37. The molecule has 2 fully saturated rings. The maximum Gasteiger partial charge on any atom is 0.433 e. The molecule has 23 heavy (non-hydrogen) atoms. The molecule has 1 aromatic heterocycles. The number of anilines is 1. The van der Waals surface area contributed by atoms with Crippen molar-refractivity contribution in [1.82, 2.24) is 9.97 Å². The van der Waals surface area contributed by atoms with Gasteiger partial charge in [0.05, 0.1) is 6.10 Å². The van der Waals surface area contributed by atoms with Crippen molar-refractivity contribution in [3.05, 3.63) is 17.5 Å². The quantitative estimate of drug-likeness (QED) is 0.904. The minimum Gasteiger partial charge on any atom is -0.393 e. The van der Waals surface area contributed by atoms with Crippen molar-refractivity contribution in [3.63, 3.8) is 0 Å². The van der Waals surface area contributed by atoms with Crippen LogP contribution in [-0.2, 0) is 6.18 Å². The van der Waals surface area contributed by atoms with Gasteiger partial charge in [0.15, 0.2) is 0 Å². The second kappa shape index (κ2) is 6.26. The summed E-state index contributed by atoms with van der Waals surface area (Å²) in [6.45, 7) is 2.20. The fourth-order valence-corrected chi connectivity index (χ4v) is 3.90. The maximum absolute atomic E-state index is 13.0. The van der Waals surface area contributed by atoms with Crippen LogP contribution in [0.4, 0.5) is 19.1 Å². The number of hydrogen-bond acceptors (Lipinski definition) is 4. The third-order valence-electron chi connectivity index (χ3n) is 4.96. The Morgan fingerprint density at radius 2 is 1.87 bits per heavy atom. The molecule has 128 valence electrons. The lowest BCUT2D eigenvalue weighted by molar-refractivity contribution is -0.141. The molecule has 7 heteroatoms. The molecule has 1 saturated carbocycles. The molecule has 0 spiro atoms. The first kappa shape index (κ1) is 16.5. The van der Waals surface area contributed by atoms with Gasteiger partial charge in [0.2, 0.25) is 5.95 Å². The zero-order valence-corrected chi connectivity index (χ0v) is 13.2. The summed E-state index contributed by atoms with van der Waals surface area (Å²) in [5.41, 5.74) is -0.577. The van der Waals surface area contributed by atoms with E-state index in [0.29, 0.717) is 12.2 Å². The highest BCUT2D eigenvalue weighted by molar-refractivity contribution is 5.36. The lowest BCUT2D eigenvalue weighted by Crippen LogP contribution is -2.43. The Morgan fingerprint density at radius 1 is 1.13 bits per heavy atom. The van der Waals surface area contributed by atoms with E-state index in [1.165, 1.54) is 0 Å². The van der Waals surface area contributed by atoms with Crippen molar-refractivity contribution in [2.45, 2.75) is 63.8 Å². The Morgan fingerprint density at radius 3 is 2.57 bits per heavy atom. The second-order valence-corrected chi connectivity index (χ2v) is 6.61. The van der Waals surface area contributed by atoms with Gasteiger partial charge in [-0.1, -0.05) is 12.8 Å². The molecule has 0 bridgehead atoms. The predicted molar refractivity (Wildman–Crippen MR) is 80.1 cm³/mol. The number of hydrogen-bond donors (Lipinski definition) is 1. The minimum absolute atomic E-state index is 0.0354. The van der Waals surface area contributed by atoms with Gasteiger partial charge in [-0.25, -0.2) is 9.97 Å². The molecule has 2 aliphatic rings. The highest BCUT2D eigenvalue weighted by Gasteiger charge is 2.39. The Kier molecular flexibility index (Phi) is 4.49. The van der Waals surface area contributed by atoms with Crippen LogP contribution in [0.25, 0.3) is 0 Å². The summed E-state index contributed by atoms with van der Waals surface area (Å²) in [5.74, 6) is 0.252. The average Bonchev–Trinajstić information content (AvgIpc) is 2.95. The first-order valence-electron chi connectivity index (χ1n) is 8.24. The summed E-state index contributed by atoms with van der Waals surface area (Å²) >= 11 is 0. The number of halogens is 3. The van der Waals surface area contributed by atoms with Crippen LogP contribution in [0.1, 0.15) is 49.9 Å². The molecule has 1 saturated heterocycles. The van der Waals surface area contributed by atoms with Gasteiger partial charge in [0.1, 0.15) is 5.69 Å². The molecule has 1 N–H and O–H groups in total. The van der Waals surface area contributed by atoms with E-state index in [1.807, 2.05) is 4.90 Å². The summed E-state index contributed by atoms with van der Waals surface area (Å²) in [7, 11) is 0. The topological polar surface area (TPSA) is 49.2 Å². The molecule has 0 unspecified atom stereocenters. The van der Waals surface area contributed by atoms with Crippen molar-refractivity contribution in [2.24, 2.45) is 5.92 Å². The van der Waals surface area contributed by atoms with Crippen LogP contribution in [0.2, 0.25) is 0 Å². The zero-order chi connectivity index (χ0) is 16.6. The Labute approximate surface area is 133 Å². The van der Waals surface area contributed by atoms with Crippen LogP contribution in [0.3, 0.4) is 0 Å². The highest BCUT2D eigenvalue weighted by atomic mass is 19.4. The third kappa shape index (κ3) is 3.44. The molecule has 0 amide bonds. The Hall–Kier alpha value is -1.37. The number of aryl methyl sites for hydroxylation is 1. The van der Waals surface area contributed by atoms with Gasteiger partial charge >= 0.3 is 6.18 Å². The van der Waals surface area contributed by atoms with Gasteiger partial charge in [-0.3, -0.25) is 0 Å². The summed E-state index contributed by atoms with van der Waals surface area (Å²) < 4.78 is 39.0. The van der Waals surface area contributed by atoms with E-state index in [2.05, 4.69) is 9.97 Å². The lowest BCUT2D eigenvalue weighted by atomic mass is 9.80. The summed E-state index contributed by atoms with van der Waals surface area (Å²) in [6, 6.07) is 1.01. The van der Waals surface area contributed by atoms with Gasteiger partial charge in [-0.15, -0.1) is 0 Å². The van der Waals surface area contributed by atoms with Crippen LogP contribution in [0.15, 0.2) is 6.07 Å². The van der Waals surface area contributed by atoms with E-state index < -0.39 is 11.9 Å². The van der Waals surface area contributed by atoms with Crippen LogP contribution < -0.4 is 4.90 Å². The zero-order valence-electron chi connectivity index (χ0n) is 13.2. The number of nitrogens with zero attached hydrogens (tertiary/aromatic N) is 3. The normalized spacial score (nSPS) is 29.1. The number of aliphatic hydroxyl groups excluding tert-OH is 1. The Bertz CT molecular complexity index is 564. The number of rotatable bonds is 2. The van der Waals surface area contributed by atoms with E-state index in [1.54, 1.807) is 6.92 Å². The van der Waals surface area contributed by atoms with E-state index in [4.69, 9.17) is 0 Å². The van der Waals surface area contributed by atoms with Crippen LogP contribution in [0, 0.1) is 12.8 Å². The first-order chi connectivity index (χ1) is 10.9. The van der Waals surface area contributed by atoms with Crippen molar-refractivity contribution >= 4 is 5.95 Å². The van der Waals surface area contributed by atoms with E-state index >= 15 is 0 Å². The van der Waals surface area contributed by atoms with Gasteiger partial charge in [-0.2, -0.15) is 13.2 Å². The monoisotopic (exact) mass is 329 g/mol. The van der Waals surface area contributed by atoms with E-state index in [9.17, 15) is 18.3 Å². The predicted octanol–water partition coefficient (Wildman–Crippen LogP) is 3.32. The largest absolute Gasteiger partial charge is 0.433 e. The third-order valence-corrected chi connectivity index (χ3v) is 4.96. The van der Waals surface area contributed by atoms with Crippen molar-refractivity contribution in [1.29, 1.82) is 0 Å². The molecule has 1 aliphatic carbocycles. The number of alkyl halides is 3. The summed E-state index contributed by atoms with van der Waals surface area (Å²) in [6.07, 6.45) is 0.700. The first-order valence-corrected chi connectivity index (χ1v) is 8.24. The summed E-state index contributed by atoms with van der Waals surface area (Å²) in [5, 5.41) is 10.3. The standard InChI is InChI=1S/C16H22F3N3O/c1-10-9-14(16(17,18)19)21-15(20-10)22-8-4-6-12(22)11-5-2-3-7-13(11)23/h9,11-13,23H,2-8H2,1H3/t11-,12+,13-/m0/s1. The SMILES string of the molecule is Cc1cc(C(F)(F)F)nc(N2CCC[C@@H]2[C@@H]2CCCC[C@@H]2O)n1. The molecular weight excluding hydrogens is 307 g/mol. The number of aliphatic hydroxyl groups is 1. The van der Waals surface area contributed by atoms with Gasteiger partial charge in [0, 0.05) is 24.2 Å². The molecule has 3 atom stereocenters.